The Hall–Kier alpha value is -0.120. The van der Waals surface area contributed by atoms with E-state index in [1.165, 1.54) is 0 Å². The lowest BCUT2D eigenvalue weighted by atomic mass is 9.94. The molecule has 0 amide bonds. The highest BCUT2D eigenvalue weighted by atomic mass is 16.3. The van der Waals surface area contributed by atoms with Gasteiger partial charge in [0.2, 0.25) is 0 Å². The van der Waals surface area contributed by atoms with E-state index < -0.39 is 0 Å². The second-order valence-corrected chi connectivity index (χ2v) is 4.13. The average Bonchev–Trinajstić information content (AvgIpc) is 2.13. The Morgan fingerprint density at radius 3 is 2.77 bits per heavy atom. The van der Waals surface area contributed by atoms with Gasteiger partial charge in [-0.25, -0.2) is 0 Å². The number of nitrogens with two attached hydrogens (primary N) is 1. The molecule has 0 aliphatic carbocycles. The highest BCUT2D eigenvalue weighted by molar-refractivity contribution is 4.81. The smallest absolute Gasteiger partial charge is 0.0693 e. The fraction of sp³-hybridized carbons (Fsp3) is 1.00. The lowest BCUT2D eigenvalue weighted by molar-refractivity contribution is 0.0109. The van der Waals surface area contributed by atoms with Crippen LogP contribution in [0.5, 0.6) is 0 Å². The van der Waals surface area contributed by atoms with Crippen LogP contribution >= 0.6 is 0 Å². The van der Waals surface area contributed by atoms with E-state index in [0.29, 0.717) is 18.5 Å². The monoisotopic (exact) mass is 186 g/mol. The number of piperidine rings is 1. The summed E-state index contributed by atoms with van der Waals surface area (Å²) in [6, 6.07) is 0.460. The maximum Gasteiger partial charge on any atom is 0.0693 e. The fourth-order valence-electron chi connectivity index (χ4n) is 1.98. The SMILES string of the molecule is CCC(CN)N1CCC(C)C(O)C1. The summed E-state index contributed by atoms with van der Waals surface area (Å²) in [5.41, 5.74) is 5.67. The van der Waals surface area contributed by atoms with Crippen molar-refractivity contribution in [3.63, 3.8) is 0 Å². The molecule has 0 aromatic rings. The molecule has 1 fully saturated rings. The Kier molecular flexibility index (Phi) is 4.16. The second-order valence-electron chi connectivity index (χ2n) is 4.13. The zero-order valence-corrected chi connectivity index (χ0v) is 8.74. The van der Waals surface area contributed by atoms with Crippen LogP contribution in [0, 0.1) is 5.92 Å². The van der Waals surface area contributed by atoms with Gasteiger partial charge < -0.3 is 10.8 Å². The molecule has 3 N–H and O–H groups in total. The summed E-state index contributed by atoms with van der Waals surface area (Å²) < 4.78 is 0. The van der Waals surface area contributed by atoms with Crippen molar-refractivity contribution in [3.8, 4) is 0 Å². The van der Waals surface area contributed by atoms with Crippen molar-refractivity contribution >= 4 is 0 Å². The van der Waals surface area contributed by atoms with Crippen LogP contribution in [-0.2, 0) is 0 Å². The van der Waals surface area contributed by atoms with E-state index in [4.69, 9.17) is 5.73 Å². The van der Waals surface area contributed by atoms with E-state index in [9.17, 15) is 5.11 Å². The standard InChI is InChI=1S/C10H22N2O/c1-3-9(6-11)12-5-4-8(2)10(13)7-12/h8-10,13H,3-7,11H2,1-2H3. The van der Waals surface area contributed by atoms with Crippen LogP contribution in [0.2, 0.25) is 0 Å². The van der Waals surface area contributed by atoms with Crippen LogP contribution in [0.4, 0.5) is 0 Å². The number of hydrogen-bond donors (Lipinski definition) is 2. The number of β-amino-alcohol motifs (C(OH)–C–C–N with tert-alkyl or cyclic N) is 1. The maximum absolute atomic E-state index is 9.71. The van der Waals surface area contributed by atoms with Crippen LogP contribution in [0.15, 0.2) is 0 Å². The molecule has 1 saturated heterocycles. The third-order valence-electron chi connectivity index (χ3n) is 3.21. The van der Waals surface area contributed by atoms with E-state index in [-0.39, 0.29) is 6.10 Å². The lowest BCUT2D eigenvalue weighted by Crippen LogP contribution is -2.50. The van der Waals surface area contributed by atoms with E-state index in [2.05, 4.69) is 18.7 Å². The van der Waals surface area contributed by atoms with Crippen molar-refractivity contribution in [2.24, 2.45) is 11.7 Å². The van der Waals surface area contributed by atoms with Crippen LogP contribution in [-0.4, -0.2) is 41.8 Å². The van der Waals surface area contributed by atoms with Gasteiger partial charge >= 0.3 is 0 Å². The molecule has 0 aromatic carbocycles. The largest absolute Gasteiger partial charge is 0.392 e. The number of nitrogens with zero attached hydrogens (tertiary/aromatic N) is 1. The van der Waals surface area contributed by atoms with Crippen molar-refractivity contribution in [2.45, 2.75) is 38.8 Å². The lowest BCUT2D eigenvalue weighted by Gasteiger charge is -2.38. The number of hydrogen-bond acceptors (Lipinski definition) is 3. The number of aliphatic hydroxyl groups excluding tert-OH is 1. The molecular formula is C10H22N2O. The molecular weight excluding hydrogens is 164 g/mol. The highest BCUT2D eigenvalue weighted by Gasteiger charge is 2.27. The zero-order valence-electron chi connectivity index (χ0n) is 8.74. The first-order chi connectivity index (χ1) is 6.19. The molecule has 0 saturated carbocycles. The molecule has 3 unspecified atom stereocenters. The van der Waals surface area contributed by atoms with Gasteiger partial charge in [-0.15, -0.1) is 0 Å². The van der Waals surface area contributed by atoms with Gasteiger partial charge in [0.1, 0.15) is 0 Å². The van der Waals surface area contributed by atoms with Gasteiger partial charge in [-0.1, -0.05) is 13.8 Å². The minimum absolute atomic E-state index is 0.158. The minimum atomic E-state index is -0.158. The molecule has 0 spiro atoms. The van der Waals surface area contributed by atoms with Crippen molar-refractivity contribution < 1.29 is 5.11 Å². The summed E-state index contributed by atoms with van der Waals surface area (Å²) in [6.07, 6.45) is 2.02. The van der Waals surface area contributed by atoms with Gasteiger partial charge in [-0.3, -0.25) is 4.90 Å². The third kappa shape index (κ3) is 2.66. The molecule has 78 valence electrons. The Morgan fingerprint density at radius 1 is 1.62 bits per heavy atom. The number of rotatable bonds is 3. The van der Waals surface area contributed by atoms with Gasteiger partial charge in [0.25, 0.3) is 0 Å². The highest BCUT2D eigenvalue weighted by Crippen LogP contribution is 2.19. The number of likely N-dealkylation sites (tertiary alicyclic amines) is 1. The van der Waals surface area contributed by atoms with Gasteiger partial charge in [-0.2, -0.15) is 0 Å². The van der Waals surface area contributed by atoms with Gasteiger partial charge in [0.05, 0.1) is 6.10 Å². The third-order valence-corrected chi connectivity index (χ3v) is 3.21. The van der Waals surface area contributed by atoms with Gasteiger partial charge in [0, 0.05) is 19.1 Å². The molecule has 3 heteroatoms. The molecule has 1 aliphatic heterocycles. The Bertz CT molecular complexity index is 148. The van der Waals surface area contributed by atoms with E-state index in [1.807, 2.05) is 0 Å². The predicted octanol–water partition coefficient (Wildman–Crippen LogP) is 0.426. The van der Waals surface area contributed by atoms with Gasteiger partial charge in [0.15, 0.2) is 0 Å². The minimum Gasteiger partial charge on any atom is -0.392 e. The van der Waals surface area contributed by atoms with E-state index in [0.717, 1.165) is 25.9 Å². The molecule has 3 atom stereocenters. The summed E-state index contributed by atoms with van der Waals surface area (Å²) in [5, 5.41) is 9.71. The molecule has 1 heterocycles. The van der Waals surface area contributed by atoms with Gasteiger partial charge in [-0.05, 0) is 25.3 Å². The van der Waals surface area contributed by atoms with Crippen molar-refractivity contribution in [3.05, 3.63) is 0 Å². The van der Waals surface area contributed by atoms with Crippen molar-refractivity contribution in [2.75, 3.05) is 19.6 Å². The normalized spacial score (nSPS) is 33.2. The van der Waals surface area contributed by atoms with E-state index in [1.54, 1.807) is 0 Å². The number of aliphatic hydroxyl groups is 1. The van der Waals surface area contributed by atoms with Crippen LogP contribution in [0.1, 0.15) is 26.7 Å². The van der Waals surface area contributed by atoms with Crippen LogP contribution in [0.25, 0.3) is 0 Å². The average molecular weight is 186 g/mol. The Balaban J connectivity index is 2.44. The topological polar surface area (TPSA) is 49.5 Å². The second kappa shape index (κ2) is 4.94. The molecule has 1 rings (SSSR count). The zero-order chi connectivity index (χ0) is 9.84. The molecule has 13 heavy (non-hydrogen) atoms. The van der Waals surface area contributed by atoms with Crippen LogP contribution in [0.3, 0.4) is 0 Å². The first kappa shape index (κ1) is 11.0. The first-order valence-corrected chi connectivity index (χ1v) is 5.31. The Morgan fingerprint density at radius 2 is 2.31 bits per heavy atom. The fourth-order valence-corrected chi connectivity index (χ4v) is 1.98. The summed E-state index contributed by atoms with van der Waals surface area (Å²) in [7, 11) is 0. The summed E-state index contributed by atoms with van der Waals surface area (Å²) >= 11 is 0. The molecule has 3 nitrogen and oxygen atoms in total. The molecule has 1 aliphatic rings. The summed E-state index contributed by atoms with van der Waals surface area (Å²) in [6.45, 7) is 6.87. The first-order valence-electron chi connectivity index (χ1n) is 5.31. The summed E-state index contributed by atoms with van der Waals surface area (Å²) in [4.78, 5) is 2.32. The molecule has 0 bridgehead atoms. The Labute approximate surface area is 80.9 Å². The quantitative estimate of drug-likeness (QED) is 0.672. The predicted molar refractivity (Wildman–Crippen MR) is 54.5 cm³/mol. The molecule has 0 aromatic heterocycles. The van der Waals surface area contributed by atoms with Crippen LogP contribution < -0.4 is 5.73 Å². The van der Waals surface area contributed by atoms with Crippen molar-refractivity contribution in [1.82, 2.24) is 4.90 Å². The van der Waals surface area contributed by atoms with E-state index >= 15 is 0 Å². The summed E-state index contributed by atoms with van der Waals surface area (Å²) in [5.74, 6) is 0.450. The van der Waals surface area contributed by atoms with Crippen molar-refractivity contribution in [1.29, 1.82) is 0 Å². The maximum atomic E-state index is 9.71. The molecule has 0 radical (unpaired) electrons.